The van der Waals surface area contributed by atoms with Gasteiger partial charge in [-0.15, -0.1) is 0 Å². The minimum Gasteiger partial charge on any atom is -0.308 e. The van der Waals surface area contributed by atoms with E-state index >= 15 is 0 Å². The molecular formula is C16H10N4O8. The van der Waals surface area contributed by atoms with Crippen molar-refractivity contribution in [1.82, 2.24) is 9.31 Å². The van der Waals surface area contributed by atoms with Crippen LogP contribution in [0.4, 0.5) is 11.4 Å². The Bertz CT molecular complexity index is 1250. The van der Waals surface area contributed by atoms with Gasteiger partial charge in [-0.25, -0.2) is 9.59 Å². The number of benzene rings is 2. The summed E-state index contributed by atoms with van der Waals surface area (Å²) in [6, 6.07) is 8.23. The van der Waals surface area contributed by atoms with Gasteiger partial charge in [0.15, 0.2) is 0 Å². The van der Waals surface area contributed by atoms with Crippen molar-refractivity contribution in [1.29, 1.82) is 0 Å². The second-order valence-corrected chi connectivity index (χ2v) is 5.58. The van der Waals surface area contributed by atoms with E-state index < -0.39 is 38.5 Å². The largest absolute Gasteiger partial charge is 0.447 e. The highest BCUT2D eigenvalue weighted by Crippen LogP contribution is 2.20. The minimum absolute atomic E-state index is 0.0292. The summed E-state index contributed by atoms with van der Waals surface area (Å²) in [4.78, 5) is 57.7. The van der Waals surface area contributed by atoms with Gasteiger partial charge in [0.25, 0.3) is 11.4 Å². The van der Waals surface area contributed by atoms with Gasteiger partial charge in [0.05, 0.1) is 15.5 Å². The van der Waals surface area contributed by atoms with Gasteiger partial charge >= 0.3 is 17.4 Å². The van der Waals surface area contributed by atoms with Crippen LogP contribution in [0.3, 0.4) is 0 Å². The minimum atomic E-state index is -1.23. The van der Waals surface area contributed by atoms with Crippen LogP contribution in [0.15, 0.2) is 56.6 Å². The van der Waals surface area contributed by atoms with Gasteiger partial charge in [0.2, 0.25) is 0 Å². The number of hydrogen-bond acceptors (Lipinski definition) is 8. The first-order chi connectivity index (χ1) is 13.2. The van der Waals surface area contributed by atoms with E-state index in [0.717, 1.165) is 30.3 Å². The molecular weight excluding hydrogens is 376 g/mol. The third-order valence-electron chi connectivity index (χ3n) is 3.86. The molecule has 12 nitrogen and oxygen atoms in total. The fourth-order valence-corrected chi connectivity index (χ4v) is 2.58. The van der Waals surface area contributed by atoms with Crippen LogP contribution in [0.2, 0.25) is 0 Å². The molecule has 0 bridgehead atoms. The van der Waals surface area contributed by atoms with E-state index in [4.69, 9.17) is 0 Å². The number of rotatable bonds is 4. The zero-order valence-electron chi connectivity index (χ0n) is 14.1. The van der Waals surface area contributed by atoms with Gasteiger partial charge in [0, 0.05) is 18.2 Å². The van der Waals surface area contributed by atoms with E-state index in [2.05, 4.69) is 4.52 Å². The highest BCUT2D eigenvalue weighted by molar-refractivity contribution is 5.98. The average molecular weight is 386 g/mol. The monoisotopic (exact) mass is 386 g/mol. The first-order valence-corrected chi connectivity index (χ1v) is 7.61. The summed E-state index contributed by atoms with van der Waals surface area (Å²) in [7, 11) is 0. The van der Waals surface area contributed by atoms with Crippen molar-refractivity contribution in [2.45, 2.75) is 6.92 Å². The Kier molecular flexibility index (Phi) is 4.45. The molecule has 1 aromatic heterocycles. The van der Waals surface area contributed by atoms with E-state index in [-0.39, 0.29) is 21.7 Å². The molecule has 0 aliphatic rings. The smallest absolute Gasteiger partial charge is 0.308 e. The summed E-state index contributed by atoms with van der Waals surface area (Å²) in [5.41, 5.74) is -2.30. The Morgan fingerprint density at radius 2 is 1.71 bits per heavy atom. The molecule has 0 saturated carbocycles. The molecule has 0 unspecified atom stereocenters. The molecule has 12 heteroatoms. The molecule has 0 fully saturated rings. The van der Waals surface area contributed by atoms with Gasteiger partial charge < -0.3 is 4.52 Å². The maximum Gasteiger partial charge on any atom is 0.447 e. The van der Waals surface area contributed by atoms with Gasteiger partial charge in [-0.05, 0) is 24.6 Å². The number of nitrogens with zero attached hydrogens (tertiary/aromatic N) is 4. The summed E-state index contributed by atoms with van der Waals surface area (Å²) in [5, 5.41) is 21.9. The molecule has 2 aromatic carbocycles. The average Bonchev–Trinajstić information content (AvgIpc) is 2.95. The summed E-state index contributed by atoms with van der Waals surface area (Å²) in [6.45, 7) is 1.43. The number of aryl methyl sites for hydroxylation is 1. The van der Waals surface area contributed by atoms with Crippen LogP contribution >= 0.6 is 0 Å². The Labute approximate surface area is 154 Å². The third kappa shape index (κ3) is 2.98. The van der Waals surface area contributed by atoms with E-state index in [1.54, 1.807) is 0 Å². The van der Waals surface area contributed by atoms with Crippen LogP contribution in [-0.2, 0) is 0 Å². The first-order valence-electron chi connectivity index (χ1n) is 7.61. The van der Waals surface area contributed by atoms with Crippen molar-refractivity contribution in [2.75, 3.05) is 0 Å². The number of para-hydroxylation sites is 1. The predicted octanol–water partition coefficient (Wildman–Crippen LogP) is 1.41. The number of carbonyl (C=O) groups excluding carboxylic acids is 1. The summed E-state index contributed by atoms with van der Waals surface area (Å²) >= 11 is 0. The van der Waals surface area contributed by atoms with Crippen molar-refractivity contribution < 1.29 is 19.2 Å². The number of carbonyl (C=O) groups is 1. The molecule has 3 rings (SSSR count). The fraction of sp³-hybridized carbons (Fsp3) is 0.0625. The Hall–Kier alpha value is -4.35. The van der Waals surface area contributed by atoms with Crippen molar-refractivity contribution in [3.63, 3.8) is 0 Å². The standard InChI is InChI=1S/C16H10N4O8/c1-9-8-10(19(24)25)6-7-12(9)17-15(22)18(28-16(17)23)14(21)11-4-2-3-5-13(11)20(26)27/h2-8H,1H3. The Morgan fingerprint density at radius 3 is 2.32 bits per heavy atom. The lowest BCUT2D eigenvalue weighted by atomic mass is 10.1. The Morgan fingerprint density at radius 1 is 1.04 bits per heavy atom. The predicted molar refractivity (Wildman–Crippen MR) is 92.8 cm³/mol. The molecule has 1 heterocycles. The third-order valence-corrected chi connectivity index (χ3v) is 3.86. The lowest BCUT2D eigenvalue weighted by Gasteiger charge is -2.03. The number of hydrogen-bond donors (Lipinski definition) is 0. The lowest BCUT2D eigenvalue weighted by molar-refractivity contribution is -0.385. The van der Waals surface area contributed by atoms with Gasteiger partial charge in [0.1, 0.15) is 5.56 Å². The van der Waals surface area contributed by atoms with Crippen LogP contribution in [0, 0.1) is 27.2 Å². The highest BCUT2D eigenvalue weighted by Gasteiger charge is 2.27. The molecule has 0 radical (unpaired) electrons. The van der Waals surface area contributed by atoms with Crippen molar-refractivity contribution >= 4 is 17.3 Å². The normalized spacial score (nSPS) is 10.6. The molecule has 0 spiro atoms. The number of nitro benzene ring substituents is 2. The summed E-state index contributed by atoms with van der Waals surface area (Å²) < 4.78 is 5.30. The molecule has 0 N–H and O–H groups in total. The van der Waals surface area contributed by atoms with Crippen molar-refractivity contribution in [2.24, 2.45) is 0 Å². The fourth-order valence-electron chi connectivity index (χ4n) is 2.58. The van der Waals surface area contributed by atoms with E-state index in [0.29, 0.717) is 4.57 Å². The number of non-ortho nitro benzene ring substituents is 1. The van der Waals surface area contributed by atoms with Crippen LogP contribution in [0.25, 0.3) is 5.69 Å². The molecule has 0 atom stereocenters. The molecule has 142 valence electrons. The van der Waals surface area contributed by atoms with Crippen LogP contribution in [-0.4, -0.2) is 25.1 Å². The molecule has 0 saturated heterocycles. The molecule has 0 aliphatic heterocycles. The van der Waals surface area contributed by atoms with Crippen molar-refractivity contribution in [3.8, 4) is 5.69 Å². The van der Waals surface area contributed by atoms with Crippen molar-refractivity contribution in [3.05, 3.63) is 94.9 Å². The summed E-state index contributed by atoms with van der Waals surface area (Å²) in [5.74, 6) is -2.43. The topological polar surface area (TPSA) is 160 Å². The quantitative estimate of drug-likeness (QED) is 0.480. The van der Waals surface area contributed by atoms with E-state index in [1.807, 2.05) is 0 Å². The molecule has 3 aromatic rings. The lowest BCUT2D eigenvalue weighted by Crippen LogP contribution is -2.31. The van der Waals surface area contributed by atoms with E-state index in [9.17, 15) is 34.6 Å². The zero-order chi connectivity index (χ0) is 20.6. The van der Waals surface area contributed by atoms with Crippen LogP contribution in [0.5, 0.6) is 0 Å². The summed E-state index contributed by atoms with van der Waals surface area (Å²) in [6.07, 6.45) is 0. The number of nitro groups is 2. The zero-order valence-corrected chi connectivity index (χ0v) is 14.1. The second-order valence-electron chi connectivity index (χ2n) is 5.58. The maximum absolute atomic E-state index is 12.6. The van der Waals surface area contributed by atoms with E-state index in [1.165, 1.54) is 19.1 Å². The molecule has 0 amide bonds. The van der Waals surface area contributed by atoms with Gasteiger partial charge in [-0.2, -0.15) is 4.57 Å². The molecule has 0 aliphatic carbocycles. The SMILES string of the molecule is Cc1cc([N+](=O)[O-])ccc1-n1c(=O)on(C(=O)c2ccccc2[N+](=O)[O-])c1=O. The van der Waals surface area contributed by atoms with Crippen LogP contribution in [0.1, 0.15) is 15.9 Å². The Balaban J connectivity index is 2.16. The van der Waals surface area contributed by atoms with Crippen LogP contribution < -0.4 is 11.4 Å². The second kappa shape index (κ2) is 6.75. The maximum atomic E-state index is 12.6. The van der Waals surface area contributed by atoms with Gasteiger partial charge in [-0.1, -0.05) is 16.9 Å². The van der Waals surface area contributed by atoms with Gasteiger partial charge in [-0.3, -0.25) is 25.0 Å². The number of aromatic nitrogens is 2. The molecule has 28 heavy (non-hydrogen) atoms. The first kappa shape index (κ1) is 18.4. The highest BCUT2D eigenvalue weighted by atomic mass is 16.6.